The van der Waals surface area contributed by atoms with Gasteiger partial charge in [0.15, 0.2) is 0 Å². The second-order valence-electron chi connectivity index (χ2n) is 7.04. The van der Waals surface area contributed by atoms with E-state index in [1.807, 2.05) is 109 Å². The molecular weight excluding hydrogens is 428 g/mol. The highest BCUT2D eigenvalue weighted by molar-refractivity contribution is 5.84. The maximum atomic E-state index is 11.9. The molecule has 0 saturated carbocycles. The fourth-order valence-corrected chi connectivity index (χ4v) is 2.92. The largest absolute Gasteiger partial charge is 0.457 e. The van der Waals surface area contributed by atoms with E-state index in [2.05, 4.69) is 21.1 Å². The number of hydrazone groups is 2. The first-order valence-electron chi connectivity index (χ1n) is 10.5. The van der Waals surface area contributed by atoms with Crippen LogP contribution in [-0.4, -0.2) is 18.5 Å². The van der Waals surface area contributed by atoms with Crippen molar-refractivity contribution in [3.05, 3.63) is 120 Å². The number of carbonyl (C=O) groups is 1. The Morgan fingerprint density at radius 2 is 0.971 bits per heavy atom. The number of nitrogens with zero attached hydrogens (tertiary/aromatic N) is 2. The SMILES string of the molecule is O=C(N/N=C/c1cccc(Oc2ccccc2)c1)N/N=C/c1cccc(Oc2ccccc2)c1. The summed E-state index contributed by atoms with van der Waals surface area (Å²) in [6.07, 6.45) is 3.04. The van der Waals surface area contributed by atoms with Gasteiger partial charge in [0.25, 0.3) is 0 Å². The van der Waals surface area contributed by atoms with Gasteiger partial charge in [-0.3, -0.25) is 0 Å². The number of rotatable bonds is 8. The number of nitrogens with one attached hydrogen (secondary N) is 2. The third-order valence-electron chi connectivity index (χ3n) is 4.43. The summed E-state index contributed by atoms with van der Waals surface area (Å²) in [6.45, 7) is 0. The Labute approximate surface area is 197 Å². The van der Waals surface area contributed by atoms with Crippen LogP contribution < -0.4 is 20.3 Å². The number of para-hydroxylation sites is 2. The number of ether oxygens (including phenoxy) is 2. The van der Waals surface area contributed by atoms with Crippen LogP contribution in [0.4, 0.5) is 4.79 Å². The van der Waals surface area contributed by atoms with Gasteiger partial charge < -0.3 is 9.47 Å². The Morgan fingerprint density at radius 1 is 0.559 bits per heavy atom. The van der Waals surface area contributed by atoms with Crippen LogP contribution in [-0.2, 0) is 0 Å². The lowest BCUT2D eigenvalue weighted by Crippen LogP contribution is -2.28. The molecule has 7 heteroatoms. The van der Waals surface area contributed by atoms with Gasteiger partial charge in [0.2, 0.25) is 0 Å². The third-order valence-corrected chi connectivity index (χ3v) is 4.43. The van der Waals surface area contributed by atoms with E-state index in [0.717, 1.165) is 22.6 Å². The molecule has 0 spiro atoms. The molecule has 4 rings (SSSR count). The predicted molar refractivity (Wildman–Crippen MR) is 133 cm³/mol. The minimum Gasteiger partial charge on any atom is -0.457 e. The average molecular weight is 450 g/mol. The fourth-order valence-electron chi connectivity index (χ4n) is 2.92. The smallest absolute Gasteiger partial charge is 0.355 e. The molecule has 0 bridgehead atoms. The minimum absolute atomic E-state index is 0.569. The molecule has 0 fully saturated rings. The van der Waals surface area contributed by atoms with Crippen LogP contribution in [0.25, 0.3) is 0 Å². The van der Waals surface area contributed by atoms with E-state index in [9.17, 15) is 4.79 Å². The van der Waals surface area contributed by atoms with E-state index in [1.54, 1.807) is 0 Å². The lowest BCUT2D eigenvalue weighted by molar-refractivity contribution is 0.242. The first-order chi connectivity index (χ1) is 16.7. The molecule has 0 aliphatic carbocycles. The van der Waals surface area contributed by atoms with Gasteiger partial charge in [-0.25, -0.2) is 15.6 Å². The lowest BCUT2D eigenvalue weighted by atomic mass is 10.2. The van der Waals surface area contributed by atoms with E-state index in [1.165, 1.54) is 12.4 Å². The standard InChI is InChI=1S/C27H22N4O3/c32-27(30-28-19-21-9-7-15-25(17-21)33-23-11-3-1-4-12-23)31-29-20-22-10-8-16-26(18-22)34-24-13-5-2-6-14-24/h1-20H,(H2,30,31,32)/b28-19+,29-20+. The highest BCUT2D eigenvalue weighted by Gasteiger charge is 2.00. The van der Waals surface area contributed by atoms with Crippen LogP contribution in [0, 0.1) is 0 Å². The summed E-state index contributed by atoms with van der Waals surface area (Å²) >= 11 is 0. The van der Waals surface area contributed by atoms with Crippen LogP contribution in [0.1, 0.15) is 11.1 Å². The zero-order valence-corrected chi connectivity index (χ0v) is 18.2. The average Bonchev–Trinajstić information content (AvgIpc) is 2.86. The first kappa shape index (κ1) is 22.3. The molecule has 34 heavy (non-hydrogen) atoms. The Kier molecular flexibility index (Phi) is 7.63. The highest BCUT2D eigenvalue weighted by atomic mass is 16.5. The van der Waals surface area contributed by atoms with Crippen molar-refractivity contribution in [3.8, 4) is 23.0 Å². The molecule has 2 N–H and O–H groups in total. The summed E-state index contributed by atoms with van der Waals surface area (Å²) in [4.78, 5) is 11.9. The molecule has 2 amide bonds. The van der Waals surface area contributed by atoms with Crippen molar-refractivity contribution in [2.75, 3.05) is 0 Å². The highest BCUT2D eigenvalue weighted by Crippen LogP contribution is 2.22. The lowest BCUT2D eigenvalue weighted by Gasteiger charge is -2.06. The summed E-state index contributed by atoms with van der Waals surface area (Å²) in [5.74, 6) is 2.82. The molecule has 4 aromatic rings. The normalized spacial score (nSPS) is 10.8. The number of carbonyl (C=O) groups excluding carboxylic acids is 1. The molecule has 168 valence electrons. The number of hydrogen-bond acceptors (Lipinski definition) is 5. The second-order valence-corrected chi connectivity index (χ2v) is 7.04. The van der Waals surface area contributed by atoms with Gasteiger partial charge in [-0.15, -0.1) is 0 Å². The van der Waals surface area contributed by atoms with Crippen molar-refractivity contribution in [2.45, 2.75) is 0 Å². The quantitative estimate of drug-likeness (QED) is 0.257. The summed E-state index contributed by atoms with van der Waals surface area (Å²) in [7, 11) is 0. The number of urea groups is 1. The Bertz CT molecular complexity index is 1180. The molecule has 0 aliphatic rings. The third kappa shape index (κ3) is 7.06. The van der Waals surface area contributed by atoms with E-state index in [-0.39, 0.29) is 0 Å². The number of amides is 2. The zero-order valence-electron chi connectivity index (χ0n) is 18.2. The molecule has 0 heterocycles. The maximum Gasteiger partial charge on any atom is 0.355 e. The summed E-state index contributed by atoms with van der Waals surface area (Å²) in [5.41, 5.74) is 6.28. The molecule has 7 nitrogen and oxygen atoms in total. The fraction of sp³-hybridized carbons (Fsp3) is 0. The molecule has 0 radical (unpaired) electrons. The molecular formula is C27H22N4O3. The monoisotopic (exact) mass is 450 g/mol. The number of hydrogen-bond donors (Lipinski definition) is 2. The van der Waals surface area contributed by atoms with Crippen LogP contribution in [0.3, 0.4) is 0 Å². The molecule has 4 aromatic carbocycles. The second kappa shape index (κ2) is 11.6. The summed E-state index contributed by atoms with van der Waals surface area (Å²) in [6, 6.07) is 33.1. The predicted octanol–water partition coefficient (Wildman–Crippen LogP) is 5.94. The van der Waals surface area contributed by atoms with E-state index in [4.69, 9.17) is 9.47 Å². The van der Waals surface area contributed by atoms with Gasteiger partial charge in [0.05, 0.1) is 12.4 Å². The first-order valence-corrected chi connectivity index (χ1v) is 10.5. The van der Waals surface area contributed by atoms with Gasteiger partial charge in [-0.1, -0.05) is 60.7 Å². The van der Waals surface area contributed by atoms with Crippen molar-refractivity contribution in [2.24, 2.45) is 10.2 Å². The Hall–Kier alpha value is -4.91. The van der Waals surface area contributed by atoms with E-state index >= 15 is 0 Å². The molecule has 0 aliphatic heterocycles. The molecule has 0 unspecified atom stereocenters. The van der Waals surface area contributed by atoms with Crippen molar-refractivity contribution >= 4 is 18.5 Å². The molecule has 0 saturated heterocycles. The van der Waals surface area contributed by atoms with Crippen molar-refractivity contribution in [1.82, 2.24) is 10.9 Å². The zero-order chi connectivity index (χ0) is 23.4. The van der Waals surface area contributed by atoms with Gasteiger partial charge in [0, 0.05) is 0 Å². The maximum absolute atomic E-state index is 11.9. The summed E-state index contributed by atoms with van der Waals surface area (Å²) < 4.78 is 11.6. The van der Waals surface area contributed by atoms with Crippen LogP contribution in [0.5, 0.6) is 23.0 Å². The molecule has 0 atom stereocenters. The Morgan fingerprint density at radius 3 is 1.41 bits per heavy atom. The van der Waals surface area contributed by atoms with Crippen molar-refractivity contribution < 1.29 is 14.3 Å². The Balaban J connectivity index is 1.26. The van der Waals surface area contributed by atoms with Gasteiger partial charge >= 0.3 is 6.03 Å². The van der Waals surface area contributed by atoms with Crippen LogP contribution >= 0.6 is 0 Å². The van der Waals surface area contributed by atoms with Crippen molar-refractivity contribution in [3.63, 3.8) is 0 Å². The van der Waals surface area contributed by atoms with E-state index in [0.29, 0.717) is 11.5 Å². The van der Waals surface area contributed by atoms with Crippen LogP contribution in [0.2, 0.25) is 0 Å². The van der Waals surface area contributed by atoms with Crippen LogP contribution in [0.15, 0.2) is 119 Å². The van der Waals surface area contributed by atoms with Gasteiger partial charge in [-0.05, 0) is 59.7 Å². The van der Waals surface area contributed by atoms with E-state index < -0.39 is 6.03 Å². The topological polar surface area (TPSA) is 84.3 Å². The van der Waals surface area contributed by atoms with Gasteiger partial charge in [-0.2, -0.15) is 10.2 Å². The van der Waals surface area contributed by atoms with Crippen molar-refractivity contribution in [1.29, 1.82) is 0 Å². The minimum atomic E-state index is -0.569. The summed E-state index contributed by atoms with van der Waals surface area (Å²) in [5, 5.41) is 7.88. The van der Waals surface area contributed by atoms with Gasteiger partial charge in [0.1, 0.15) is 23.0 Å². The molecule has 0 aromatic heterocycles. The number of benzene rings is 4.